The summed E-state index contributed by atoms with van der Waals surface area (Å²) in [7, 11) is 0. The molecule has 0 fully saturated rings. The molecular weight excluding hydrogens is 385 g/mol. The summed E-state index contributed by atoms with van der Waals surface area (Å²) in [6.45, 7) is 1.07. The largest absolute Gasteiger partial charge is 0.441 e. The Morgan fingerprint density at radius 1 is 1.13 bits per heavy atom. The van der Waals surface area contributed by atoms with Crippen molar-refractivity contribution in [1.29, 1.82) is 0 Å². The van der Waals surface area contributed by atoms with Crippen LogP contribution in [0.5, 0.6) is 0 Å². The Morgan fingerprint density at radius 3 is 2.77 bits per heavy atom. The zero-order chi connectivity index (χ0) is 20.8. The van der Waals surface area contributed by atoms with E-state index in [-0.39, 0.29) is 18.1 Å². The predicted molar refractivity (Wildman–Crippen MR) is 108 cm³/mol. The maximum atomic E-state index is 13.0. The molecule has 152 valence electrons. The molecular formula is C22H20FN5O2. The van der Waals surface area contributed by atoms with Gasteiger partial charge in [-0.05, 0) is 35.4 Å². The normalized spacial score (nSPS) is 10.8. The number of hydrogen-bond donors (Lipinski definition) is 1. The zero-order valence-electron chi connectivity index (χ0n) is 16.2. The molecule has 0 aliphatic heterocycles. The zero-order valence-corrected chi connectivity index (χ0v) is 16.2. The molecule has 0 radical (unpaired) electrons. The number of aryl methyl sites for hydroxylation is 1. The second kappa shape index (κ2) is 9.13. The highest BCUT2D eigenvalue weighted by molar-refractivity contribution is 5.76. The van der Waals surface area contributed by atoms with E-state index in [1.807, 2.05) is 24.3 Å². The smallest absolute Gasteiger partial charge is 0.220 e. The highest BCUT2D eigenvalue weighted by atomic mass is 19.1. The van der Waals surface area contributed by atoms with Gasteiger partial charge in [-0.25, -0.2) is 19.0 Å². The number of aromatic nitrogens is 4. The van der Waals surface area contributed by atoms with Gasteiger partial charge in [-0.1, -0.05) is 24.3 Å². The van der Waals surface area contributed by atoms with Crippen molar-refractivity contribution in [3.8, 4) is 11.3 Å². The minimum atomic E-state index is -0.306. The van der Waals surface area contributed by atoms with Gasteiger partial charge in [-0.3, -0.25) is 4.79 Å². The van der Waals surface area contributed by atoms with E-state index in [9.17, 15) is 9.18 Å². The third-order valence-electron chi connectivity index (χ3n) is 4.54. The van der Waals surface area contributed by atoms with E-state index in [0.29, 0.717) is 31.2 Å². The topological polar surface area (TPSA) is 85.8 Å². The lowest BCUT2D eigenvalue weighted by atomic mass is 10.1. The summed E-state index contributed by atoms with van der Waals surface area (Å²) in [6.07, 6.45) is 5.40. The van der Waals surface area contributed by atoms with Crippen molar-refractivity contribution in [2.45, 2.75) is 25.9 Å². The van der Waals surface area contributed by atoms with Crippen LogP contribution >= 0.6 is 0 Å². The molecule has 1 N–H and O–H groups in total. The molecule has 0 atom stereocenters. The first-order valence-corrected chi connectivity index (χ1v) is 9.53. The summed E-state index contributed by atoms with van der Waals surface area (Å²) < 4.78 is 20.4. The van der Waals surface area contributed by atoms with Crippen LogP contribution < -0.4 is 5.32 Å². The maximum absolute atomic E-state index is 13.0. The average molecular weight is 405 g/mol. The van der Waals surface area contributed by atoms with Crippen LogP contribution in [0.4, 0.5) is 4.39 Å². The first-order valence-electron chi connectivity index (χ1n) is 9.53. The molecule has 0 saturated heterocycles. The van der Waals surface area contributed by atoms with E-state index < -0.39 is 0 Å². The number of halogens is 1. The number of nitrogens with one attached hydrogen (secondary N) is 1. The van der Waals surface area contributed by atoms with E-state index in [0.717, 1.165) is 16.7 Å². The van der Waals surface area contributed by atoms with E-state index >= 15 is 0 Å². The molecule has 0 unspecified atom stereocenters. The maximum Gasteiger partial charge on any atom is 0.220 e. The van der Waals surface area contributed by atoms with Gasteiger partial charge in [0.15, 0.2) is 11.7 Å². The Kier molecular flexibility index (Phi) is 5.93. The molecule has 2 heterocycles. The minimum absolute atomic E-state index is 0.0850. The van der Waals surface area contributed by atoms with Crippen molar-refractivity contribution in [1.82, 2.24) is 25.1 Å². The fourth-order valence-corrected chi connectivity index (χ4v) is 3.02. The van der Waals surface area contributed by atoms with Crippen molar-refractivity contribution in [3.63, 3.8) is 0 Å². The van der Waals surface area contributed by atoms with Crippen molar-refractivity contribution in [2.75, 3.05) is 0 Å². The quantitative estimate of drug-likeness (QED) is 0.486. The van der Waals surface area contributed by atoms with E-state index in [4.69, 9.17) is 4.42 Å². The van der Waals surface area contributed by atoms with Crippen LogP contribution in [0.15, 0.2) is 71.8 Å². The van der Waals surface area contributed by atoms with Crippen molar-refractivity contribution < 1.29 is 13.6 Å². The summed E-state index contributed by atoms with van der Waals surface area (Å²) in [5, 5.41) is 7.01. The number of benzene rings is 2. The van der Waals surface area contributed by atoms with Crippen molar-refractivity contribution in [3.05, 3.63) is 90.2 Å². The highest BCUT2D eigenvalue weighted by Crippen LogP contribution is 2.21. The second-order valence-corrected chi connectivity index (χ2v) is 6.81. The molecule has 8 heteroatoms. The third kappa shape index (κ3) is 5.16. The van der Waals surface area contributed by atoms with Gasteiger partial charge in [0.2, 0.25) is 5.91 Å². The summed E-state index contributed by atoms with van der Waals surface area (Å²) >= 11 is 0. The van der Waals surface area contributed by atoms with Crippen LogP contribution in [-0.4, -0.2) is 25.7 Å². The Balaban J connectivity index is 1.26. The standard InChI is InChI=1S/C22H20FN5O2/c23-19-6-4-18(5-7-19)20-12-26-22(30-20)9-8-21(29)25-11-16-2-1-3-17(10-16)13-28-15-24-14-27-28/h1-7,10,12,14-15H,8-9,11,13H2,(H,25,29). The molecule has 4 rings (SSSR count). The Hall–Kier alpha value is -3.81. The van der Waals surface area contributed by atoms with Gasteiger partial charge in [-0.15, -0.1) is 0 Å². The Bertz CT molecular complexity index is 1110. The molecule has 0 spiro atoms. The SMILES string of the molecule is O=C(CCc1ncc(-c2ccc(F)cc2)o1)NCc1cccc(Cn2cncn2)c1. The summed E-state index contributed by atoms with van der Waals surface area (Å²) in [4.78, 5) is 20.3. The number of carbonyl (C=O) groups excluding carboxylic acids is 1. The third-order valence-corrected chi connectivity index (χ3v) is 4.54. The van der Waals surface area contributed by atoms with E-state index in [1.165, 1.54) is 18.5 Å². The minimum Gasteiger partial charge on any atom is -0.441 e. The lowest BCUT2D eigenvalue weighted by Gasteiger charge is -2.07. The highest BCUT2D eigenvalue weighted by Gasteiger charge is 2.09. The van der Waals surface area contributed by atoms with Crippen LogP contribution in [0.25, 0.3) is 11.3 Å². The van der Waals surface area contributed by atoms with Crippen molar-refractivity contribution in [2.24, 2.45) is 0 Å². The molecule has 0 aliphatic rings. The fourth-order valence-electron chi connectivity index (χ4n) is 3.02. The van der Waals surface area contributed by atoms with Crippen LogP contribution in [0, 0.1) is 5.82 Å². The van der Waals surface area contributed by atoms with Gasteiger partial charge in [0, 0.05) is 24.9 Å². The number of oxazole rings is 1. The van der Waals surface area contributed by atoms with Gasteiger partial charge in [-0.2, -0.15) is 5.10 Å². The van der Waals surface area contributed by atoms with Gasteiger partial charge < -0.3 is 9.73 Å². The first kappa shape index (κ1) is 19.5. The molecule has 7 nitrogen and oxygen atoms in total. The van der Waals surface area contributed by atoms with Crippen LogP contribution in [-0.2, 0) is 24.3 Å². The number of rotatable bonds is 8. The number of carbonyl (C=O) groups is 1. The van der Waals surface area contributed by atoms with E-state index in [1.54, 1.807) is 29.3 Å². The molecule has 30 heavy (non-hydrogen) atoms. The van der Waals surface area contributed by atoms with E-state index in [2.05, 4.69) is 20.4 Å². The number of amides is 1. The van der Waals surface area contributed by atoms with Gasteiger partial charge >= 0.3 is 0 Å². The van der Waals surface area contributed by atoms with Gasteiger partial charge in [0.1, 0.15) is 18.5 Å². The van der Waals surface area contributed by atoms with Crippen LogP contribution in [0.1, 0.15) is 23.4 Å². The molecule has 0 bridgehead atoms. The van der Waals surface area contributed by atoms with Gasteiger partial charge in [0.05, 0.1) is 12.7 Å². The second-order valence-electron chi connectivity index (χ2n) is 6.81. The lowest BCUT2D eigenvalue weighted by molar-refractivity contribution is -0.121. The van der Waals surface area contributed by atoms with Crippen molar-refractivity contribution >= 4 is 5.91 Å². The van der Waals surface area contributed by atoms with Gasteiger partial charge in [0.25, 0.3) is 0 Å². The monoisotopic (exact) mass is 405 g/mol. The van der Waals surface area contributed by atoms with Crippen LogP contribution in [0.3, 0.4) is 0 Å². The fraction of sp³-hybridized carbons (Fsp3) is 0.182. The molecule has 0 aliphatic carbocycles. The first-order chi connectivity index (χ1) is 14.7. The number of nitrogens with zero attached hydrogens (tertiary/aromatic N) is 4. The predicted octanol–water partition coefficient (Wildman–Crippen LogP) is 3.37. The lowest BCUT2D eigenvalue weighted by Crippen LogP contribution is -2.23. The molecule has 1 amide bonds. The molecule has 2 aromatic carbocycles. The summed E-state index contributed by atoms with van der Waals surface area (Å²) in [6, 6.07) is 14.0. The summed E-state index contributed by atoms with van der Waals surface area (Å²) in [5.41, 5.74) is 2.83. The molecule has 4 aromatic rings. The average Bonchev–Trinajstić information content (AvgIpc) is 3.44. The molecule has 0 saturated carbocycles. The Labute approximate surface area is 172 Å². The molecule has 2 aromatic heterocycles. The van der Waals surface area contributed by atoms with Crippen LogP contribution in [0.2, 0.25) is 0 Å². The summed E-state index contributed by atoms with van der Waals surface area (Å²) in [5.74, 6) is 0.631. The Morgan fingerprint density at radius 2 is 1.97 bits per heavy atom. The number of hydrogen-bond acceptors (Lipinski definition) is 5.